The van der Waals surface area contributed by atoms with Crippen LogP contribution < -0.4 is 0 Å². The van der Waals surface area contributed by atoms with Crippen molar-refractivity contribution in [3.8, 4) is 0 Å². The van der Waals surface area contributed by atoms with Crippen molar-refractivity contribution in [2.75, 3.05) is 19.7 Å². The van der Waals surface area contributed by atoms with Crippen LogP contribution in [0.4, 0.5) is 0 Å². The molecule has 0 saturated heterocycles. The molecule has 1 fully saturated rings. The molecular weight excluding hydrogens is 226 g/mol. The third-order valence-corrected chi connectivity index (χ3v) is 3.86. The molecule has 0 bridgehead atoms. The molecule has 0 aliphatic heterocycles. The molecule has 3 heteroatoms. The Morgan fingerprint density at radius 2 is 2.11 bits per heavy atom. The van der Waals surface area contributed by atoms with Gasteiger partial charge in [-0.25, -0.2) is 0 Å². The van der Waals surface area contributed by atoms with E-state index in [9.17, 15) is 4.79 Å². The van der Waals surface area contributed by atoms with Gasteiger partial charge >= 0.3 is 5.97 Å². The molecule has 0 amide bonds. The normalized spacial score (nSPS) is 23.9. The van der Waals surface area contributed by atoms with Crippen LogP contribution >= 0.6 is 0 Å². The van der Waals surface area contributed by atoms with E-state index in [1.807, 2.05) is 13.0 Å². The van der Waals surface area contributed by atoms with E-state index in [1.165, 1.54) is 32.1 Å². The highest BCUT2D eigenvalue weighted by atomic mass is 16.5. The summed E-state index contributed by atoms with van der Waals surface area (Å²) < 4.78 is 5.06. The minimum atomic E-state index is -0.111. The van der Waals surface area contributed by atoms with E-state index in [1.54, 1.807) is 0 Å². The van der Waals surface area contributed by atoms with Crippen LogP contribution in [0.2, 0.25) is 0 Å². The van der Waals surface area contributed by atoms with Crippen LogP contribution in [0, 0.1) is 5.92 Å². The molecule has 1 rings (SSSR count). The molecule has 0 radical (unpaired) electrons. The summed E-state index contributed by atoms with van der Waals surface area (Å²) >= 11 is 0. The predicted molar refractivity (Wildman–Crippen MR) is 74.4 cm³/mol. The third-order valence-electron chi connectivity index (χ3n) is 3.86. The summed E-state index contributed by atoms with van der Waals surface area (Å²) in [5.74, 6) is 0.605. The van der Waals surface area contributed by atoms with Gasteiger partial charge in [0.15, 0.2) is 0 Å². The lowest BCUT2D eigenvalue weighted by atomic mass is 9.82. The highest BCUT2D eigenvalue weighted by Crippen LogP contribution is 2.30. The highest BCUT2D eigenvalue weighted by Gasteiger charge is 2.29. The lowest BCUT2D eigenvalue weighted by molar-refractivity contribution is -0.145. The zero-order chi connectivity index (χ0) is 13.4. The lowest BCUT2D eigenvalue weighted by Crippen LogP contribution is -2.45. The highest BCUT2D eigenvalue weighted by molar-refractivity contribution is 5.71. The first-order valence-corrected chi connectivity index (χ1v) is 7.23. The fourth-order valence-corrected chi connectivity index (χ4v) is 3.00. The van der Waals surface area contributed by atoms with Crippen molar-refractivity contribution < 1.29 is 9.53 Å². The van der Waals surface area contributed by atoms with Gasteiger partial charge < -0.3 is 4.74 Å². The summed E-state index contributed by atoms with van der Waals surface area (Å²) in [4.78, 5) is 13.9. The largest absolute Gasteiger partial charge is 0.465 e. The van der Waals surface area contributed by atoms with Crippen molar-refractivity contribution in [1.29, 1.82) is 0 Å². The van der Waals surface area contributed by atoms with E-state index in [-0.39, 0.29) is 5.97 Å². The smallest absolute Gasteiger partial charge is 0.320 e. The standard InChI is InChI=1S/C15H27NO2/c1-4-11-16(12-15(17)18-6-3)14-10-8-7-9-13(14)5-2/h4,13-14H,1,5-12H2,2-3H3. The first-order chi connectivity index (χ1) is 8.72. The van der Waals surface area contributed by atoms with Gasteiger partial charge in [0.1, 0.15) is 0 Å². The number of carbonyl (C=O) groups excluding carboxylic acids is 1. The Morgan fingerprint density at radius 1 is 1.39 bits per heavy atom. The molecule has 1 aliphatic rings. The number of nitrogens with zero attached hydrogens (tertiary/aromatic N) is 1. The molecule has 0 aromatic heterocycles. The van der Waals surface area contributed by atoms with Crippen LogP contribution in [0.3, 0.4) is 0 Å². The summed E-state index contributed by atoms with van der Waals surface area (Å²) in [6.07, 6.45) is 8.18. The van der Waals surface area contributed by atoms with Crippen molar-refractivity contribution in [1.82, 2.24) is 4.90 Å². The number of ether oxygens (including phenoxy) is 1. The average Bonchev–Trinajstić information content (AvgIpc) is 2.38. The van der Waals surface area contributed by atoms with Crippen LogP contribution in [0.1, 0.15) is 46.0 Å². The maximum atomic E-state index is 11.7. The minimum absolute atomic E-state index is 0.111. The van der Waals surface area contributed by atoms with Gasteiger partial charge in [0.25, 0.3) is 0 Å². The molecule has 2 unspecified atom stereocenters. The summed E-state index contributed by atoms with van der Waals surface area (Å²) in [7, 11) is 0. The second kappa shape index (κ2) is 8.30. The second-order valence-corrected chi connectivity index (χ2v) is 5.04. The zero-order valence-electron chi connectivity index (χ0n) is 11.9. The topological polar surface area (TPSA) is 29.5 Å². The van der Waals surface area contributed by atoms with Crippen molar-refractivity contribution in [3.05, 3.63) is 12.7 Å². The molecule has 1 saturated carbocycles. The maximum Gasteiger partial charge on any atom is 0.320 e. The van der Waals surface area contributed by atoms with Crippen LogP contribution in [0.5, 0.6) is 0 Å². The second-order valence-electron chi connectivity index (χ2n) is 5.04. The Kier molecular flexibility index (Phi) is 7.02. The lowest BCUT2D eigenvalue weighted by Gasteiger charge is -2.38. The summed E-state index contributed by atoms with van der Waals surface area (Å²) in [5.41, 5.74) is 0. The number of carbonyl (C=O) groups is 1. The Morgan fingerprint density at radius 3 is 2.72 bits per heavy atom. The predicted octanol–water partition coefficient (Wildman–Crippen LogP) is 3.01. The summed E-state index contributed by atoms with van der Waals surface area (Å²) in [5, 5.41) is 0. The first-order valence-electron chi connectivity index (χ1n) is 7.23. The van der Waals surface area contributed by atoms with Crippen molar-refractivity contribution in [3.63, 3.8) is 0 Å². The van der Waals surface area contributed by atoms with Crippen LogP contribution in [-0.4, -0.2) is 36.6 Å². The molecule has 2 atom stereocenters. The van der Waals surface area contributed by atoms with Gasteiger partial charge in [-0.1, -0.05) is 32.3 Å². The first kappa shape index (κ1) is 15.2. The van der Waals surface area contributed by atoms with Crippen molar-refractivity contribution in [2.24, 2.45) is 5.92 Å². The Bertz CT molecular complexity index is 265. The fraction of sp³-hybridized carbons (Fsp3) is 0.800. The number of hydrogen-bond acceptors (Lipinski definition) is 3. The van der Waals surface area contributed by atoms with Gasteiger partial charge in [-0.05, 0) is 25.7 Å². The molecule has 0 aromatic rings. The van der Waals surface area contributed by atoms with Gasteiger partial charge in [-0.3, -0.25) is 9.69 Å². The number of esters is 1. The van der Waals surface area contributed by atoms with Gasteiger partial charge in [0.05, 0.1) is 13.2 Å². The van der Waals surface area contributed by atoms with Crippen LogP contribution in [0.15, 0.2) is 12.7 Å². The van der Waals surface area contributed by atoms with Crippen molar-refractivity contribution >= 4 is 5.97 Å². The quantitative estimate of drug-likeness (QED) is 0.516. The van der Waals surface area contributed by atoms with Crippen LogP contribution in [0.25, 0.3) is 0 Å². The van der Waals surface area contributed by atoms with Gasteiger partial charge in [-0.2, -0.15) is 0 Å². The third kappa shape index (κ3) is 4.45. The van der Waals surface area contributed by atoms with E-state index in [4.69, 9.17) is 4.74 Å². The van der Waals surface area contributed by atoms with Crippen LogP contribution in [-0.2, 0) is 9.53 Å². The van der Waals surface area contributed by atoms with E-state index >= 15 is 0 Å². The van der Waals surface area contributed by atoms with E-state index in [0.29, 0.717) is 25.1 Å². The van der Waals surface area contributed by atoms with E-state index in [2.05, 4.69) is 18.4 Å². The molecule has 0 heterocycles. The molecule has 0 spiro atoms. The molecule has 104 valence electrons. The molecule has 0 aromatic carbocycles. The number of rotatable bonds is 7. The Balaban J connectivity index is 2.62. The summed E-state index contributed by atoms with van der Waals surface area (Å²) in [6.45, 7) is 9.55. The minimum Gasteiger partial charge on any atom is -0.465 e. The van der Waals surface area contributed by atoms with E-state index in [0.717, 1.165) is 6.54 Å². The molecule has 3 nitrogen and oxygen atoms in total. The Labute approximate surface area is 111 Å². The monoisotopic (exact) mass is 253 g/mol. The fourth-order valence-electron chi connectivity index (χ4n) is 3.00. The molecule has 1 aliphatic carbocycles. The average molecular weight is 253 g/mol. The van der Waals surface area contributed by atoms with Gasteiger partial charge in [-0.15, -0.1) is 6.58 Å². The molecular formula is C15H27NO2. The SMILES string of the molecule is C=CCN(CC(=O)OCC)C1CCCCC1CC. The van der Waals surface area contributed by atoms with Crippen molar-refractivity contribution in [2.45, 2.75) is 52.0 Å². The van der Waals surface area contributed by atoms with E-state index < -0.39 is 0 Å². The summed E-state index contributed by atoms with van der Waals surface area (Å²) in [6, 6.07) is 0.520. The molecule has 18 heavy (non-hydrogen) atoms. The maximum absolute atomic E-state index is 11.7. The molecule has 0 N–H and O–H groups in total. The van der Waals surface area contributed by atoms with Gasteiger partial charge in [0, 0.05) is 12.6 Å². The number of hydrogen-bond donors (Lipinski definition) is 0. The Hall–Kier alpha value is -0.830. The van der Waals surface area contributed by atoms with Gasteiger partial charge in [0.2, 0.25) is 0 Å². The zero-order valence-corrected chi connectivity index (χ0v) is 11.9.